The zero-order valence-corrected chi connectivity index (χ0v) is 14.8. The predicted molar refractivity (Wildman–Crippen MR) is 98.9 cm³/mol. The van der Waals surface area contributed by atoms with Crippen molar-refractivity contribution in [2.45, 2.75) is 26.6 Å². The Labute approximate surface area is 152 Å². The van der Waals surface area contributed by atoms with E-state index in [2.05, 4.69) is 5.10 Å². The molecule has 0 atom stereocenters. The predicted octanol–water partition coefficient (Wildman–Crippen LogP) is 3.43. The van der Waals surface area contributed by atoms with Crippen LogP contribution in [0.4, 0.5) is 0 Å². The van der Waals surface area contributed by atoms with Crippen molar-refractivity contribution >= 4 is 5.91 Å². The number of nitrogens with zero attached hydrogens (tertiary/aromatic N) is 3. The molecule has 2 heterocycles. The second kappa shape index (κ2) is 7.04. The van der Waals surface area contributed by atoms with Gasteiger partial charge in [0.15, 0.2) is 0 Å². The molecule has 5 heteroatoms. The maximum absolute atomic E-state index is 12.8. The number of aryl methyl sites for hydroxylation is 1. The lowest BCUT2D eigenvalue weighted by Crippen LogP contribution is -2.39. The molecule has 1 amide bonds. The van der Waals surface area contributed by atoms with Crippen molar-refractivity contribution in [2.75, 3.05) is 6.54 Å². The van der Waals surface area contributed by atoms with Gasteiger partial charge in [-0.15, -0.1) is 0 Å². The SMILES string of the molecule is Cc1cccc(OCc2cc3n(n2)CCN(Cc2ccccc2)C3=O)c1. The van der Waals surface area contributed by atoms with E-state index in [0.717, 1.165) is 22.6 Å². The molecule has 1 aromatic heterocycles. The Kier molecular flexibility index (Phi) is 4.44. The fourth-order valence-corrected chi connectivity index (χ4v) is 3.18. The highest BCUT2D eigenvalue weighted by atomic mass is 16.5. The van der Waals surface area contributed by atoms with Crippen LogP contribution < -0.4 is 4.74 Å². The van der Waals surface area contributed by atoms with Crippen LogP contribution >= 0.6 is 0 Å². The molecule has 0 aliphatic carbocycles. The number of carbonyl (C=O) groups excluding carboxylic acids is 1. The van der Waals surface area contributed by atoms with E-state index in [9.17, 15) is 4.79 Å². The highest BCUT2D eigenvalue weighted by molar-refractivity contribution is 5.93. The molecule has 0 radical (unpaired) electrons. The monoisotopic (exact) mass is 347 g/mol. The minimum atomic E-state index is 0.0226. The summed E-state index contributed by atoms with van der Waals surface area (Å²) in [5.41, 5.74) is 3.70. The minimum absolute atomic E-state index is 0.0226. The van der Waals surface area contributed by atoms with Crippen LogP contribution in [0.25, 0.3) is 0 Å². The molecular formula is C21H21N3O2. The van der Waals surface area contributed by atoms with Gasteiger partial charge in [0, 0.05) is 13.1 Å². The van der Waals surface area contributed by atoms with Crippen LogP contribution in [0.2, 0.25) is 0 Å². The fourth-order valence-electron chi connectivity index (χ4n) is 3.18. The van der Waals surface area contributed by atoms with Crippen molar-refractivity contribution in [2.24, 2.45) is 0 Å². The Morgan fingerprint density at radius 3 is 2.69 bits per heavy atom. The highest BCUT2D eigenvalue weighted by Gasteiger charge is 2.26. The summed E-state index contributed by atoms with van der Waals surface area (Å²) in [5.74, 6) is 0.836. The first-order valence-electron chi connectivity index (χ1n) is 8.78. The summed E-state index contributed by atoms with van der Waals surface area (Å²) in [7, 11) is 0. The zero-order chi connectivity index (χ0) is 17.9. The van der Waals surface area contributed by atoms with Gasteiger partial charge in [-0.05, 0) is 36.2 Å². The number of aromatic nitrogens is 2. The molecule has 0 fully saturated rings. The van der Waals surface area contributed by atoms with Crippen LogP contribution in [0.3, 0.4) is 0 Å². The lowest BCUT2D eigenvalue weighted by atomic mass is 10.2. The van der Waals surface area contributed by atoms with Crippen molar-refractivity contribution in [1.82, 2.24) is 14.7 Å². The first kappa shape index (κ1) is 16.4. The second-order valence-corrected chi connectivity index (χ2v) is 6.56. The maximum atomic E-state index is 12.8. The fraction of sp³-hybridized carbons (Fsp3) is 0.238. The average Bonchev–Trinajstić information content (AvgIpc) is 3.07. The van der Waals surface area contributed by atoms with E-state index < -0.39 is 0 Å². The Balaban J connectivity index is 1.45. The summed E-state index contributed by atoms with van der Waals surface area (Å²) < 4.78 is 7.60. The number of carbonyl (C=O) groups is 1. The molecule has 3 aromatic rings. The van der Waals surface area contributed by atoms with Gasteiger partial charge >= 0.3 is 0 Å². The highest BCUT2D eigenvalue weighted by Crippen LogP contribution is 2.18. The summed E-state index contributed by atoms with van der Waals surface area (Å²) in [4.78, 5) is 14.7. The molecule has 0 saturated carbocycles. The van der Waals surface area contributed by atoms with Crippen LogP contribution in [-0.2, 0) is 19.7 Å². The van der Waals surface area contributed by atoms with Gasteiger partial charge in [0.05, 0.1) is 6.54 Å². The number of ether oxygens (including phenoxy) is 1. The molecule has 0 saturated heterocycles. The lowest BCUT2D eigenvalue weighted by Gasteiger charge is -2.27. The Morgan fingerprint density at radius 1 is 1.04 bits per heavy atom. The molecule has 26 heavy (non-hydrogen) atoms. The van der Waals surface area contributed by atoms with Crippen molar-refractivity contribution in [1.29, 1.82) is 0 Å². The van der Waals surface area contributed by atoms with Crippen molar-refractivity contribution in [3.05, 3.63) is 83.2 Å². The Morgan fingerprint density at radius 2 is 1.88 bits per heavy atom. The van der Waals surface area contributed by atoms with E-state index in [4.69, 9.17) is 4.74 Å². The number of amides is 1. The van der Waals surface area contributed by atoms with E-state index in [1.54, 1.807) is 4.68 Å². The number of fused-ring (bicyclic) bond motifs is 1. The third kappa shape index (κ3) is 3.47. The van der Waals surface area contributed by atoms with Crippen LogP contribution in [-0.4, -0.2) is 27.1 Å². The second-order valence-electron chi connectivity index (χ2n) is 6.56. The normalized spacial score (nSPS) is 13.6. The third-order valence-corrected chi connectivity index (χ3v) is 4.51. The van der Waals surface area contributed by atoms with Gasteiger partial charge in [0.2, 0.25) is 0 Å². The molecule has 0 N–H and O–H groups in total. The standard InChI is InChI=1S/C21H21N3O2/c1-16-6-5-9-19(12-16)26-15-18-13-20-21(25)23(10-11-24(20)22-18)14-17-7-3-2-4-8-17/h2-9,12-13H,10-11,14-15H2,1H3. The Hall–Kier alpha value is -3.08. The van der Waals surface area contributed by atoms with Crippen molar-refractivity contribution in [3.63, 3.8) is 0 Å². The van der Waals surface area contributed by atoms with Crippen LogP contribution in [0.1, 0.15) is 27.3 Å². The van der Waals surface area contributed by atoms with Crippen molar-refractivity contribution < 1.29 is 9.53 Å². The van der Waals surface area contributed by atoms with E-state index in [-0.39, 0.29) is 5.91 Å². The topological polar surface area (TPSA) is 47.4 Å². The molecule has 1 aliphatic rings. The van der Waals surface area contributed by atoms with E-state index >= 15 is 0 Å². The molecule has 2 aromatic carbocycles. The van der Waals surface area contributed by atoms with Gasteiger partial charge in [-0.3, -0.25) is 9.48 Å². The summed E-state index contributed by atoms with van der Waals surface area (Å²) in [6, 6.07) is 19.8. The van der Waals surface area contributed by atoms with E-state index in [1.807, 2.05) is 72.5 Å². The minimum Gasteiger partial charge on any atom is -0.487 e. The van der Waals surface area contributed by atoms with Crippen molar-refractivity contribution in [3.8, 4) is 5.75 Å². The number of benzene rings is 2. The Bertz CT molecular complexity index is 918. The smallest absolute Gasteiger partial charge is 0.272 e. The van der Waals surface area contributed by atoms with Crippen LogP contribution in [0.5, 0.6) is 5.75 Å². The molecule has 5 nitrogen and oxygen atoms in total. The van der Waals surface area contributed by atoms with Gasteiger partial charge < -0.3 is 9.64 Å². The van der Waals surface area contributed by atoms with Gasteiger partial charge in [-0.1, -0.05) is 42.5 Å². The maximum Gasteiger partial charge on any atom is 0.272 e. The van der Waals surface area contributed by atoms with Gasteiger partial charge in [-0.25, -0.2) is 0 Å². The average molecular weight is 347 g/mol. The molecule has 1 aliphatic heterocycles. The summed E-state index contributed by atoms with van der Waals surface area (Å²) >= 11 is 0. The molecule has 4 rings (SSSR count). The molecular weight excluding hydrogens is 326 g/mol. The molecule has 0 unspecified atom stereocenters. The van der Waals surface area contributed by atoms with E-state index in [0.29, 0.717) is 31.9 Å². The lowest BCUT2D eigenvalue weighted by molar-refractivity contribution is 0.0683. The first-order valence-corrected chi connectivity index (χ1v) is 8.78. The van der Waals surface area contributed by atoms with Gasteiger partial charge in [0.25, 0.3) is 5.91 Å². The van der Waals surface area contributed by atoms with Crippen LogP contribution in [0, 0.1) is 6.92 Å². The quantitative estimate of drug-likeness (QED) is 0.710. The van der Waals surface area contributed by atoms with Crippen LogP contribution in [0.15, 0.2) is 60.7 Å². The third-order valence-electron chi connectivity index (χ3n) is 4.51. The van der Waals surface area contributed by atoms with Gasteiger partial charge in [-0.2, -0.15) is 5.10 Å². The van der Waals surface area contributed by atoms with Gasteiger partial charge in [0.1, 0.15) is 23.7 Å². The molecule has 0 bridgehead atoms. The number of rotatable bonds is 5. The molecule has 0 spiro atoms. The number of hydrogen-bond donors (Lipinski definition) is 0. The van der Waals surface area contributed by atoms with E-state index in [1.165, 1.54) is 0 Å². The largest absolute Gasteiger partial charge is 0.487 e. The summed E-state index contributed by atoms with van der Waals surface area (Å²) in [5, 5.41) is 4.52. The number of hydrogen-bond acceptors (Lipinski definition) is 3. The first-order chi connectivity index (χ1) is 12.7. The zero-order valence-electron chi connectivity index (χ0n) is 14.8. The molecule has 132 valence electrons. The summed E-state index contributed by atoms with van der Waals surface area (Å²) in [6.07, 6.45) is 0. The summed E-state index contributed by atoms with van der Waals surface area (Å²) in [6.45, 7) is 4.39.